The smallest absolute Gasteiger partial charge is 0.277 e. The zero-order chi connectivity index (χ0) is 11.7. The molecule has 0 spiro atoms. The van der Waals surface area contributed by atoms with E-state index in [1.165, 1.54) is 16.9 Å². The van der Waals surface area contributed by atoms with Gasteiger partial charge in [-0.1, -0.05) is 18.2 Å². The van der Waals surface area contributed by atoms with Crippen molar-refractivity contribution in [2.45, 2.75) is 12.8 Å². The molecule has 0 atom stereocenters. The molecule has 17 heavy (non-hydrogen) atoms. The summed E-state index contributed by atoms with van der Waals surface area (Å²) in [6.07, 6.45) is 2.07. The van der Waals surface area contributed by atoms with Gasteiger partial charge in [0, 0.05) is 17.6 Å². The Morgan fingerprint density at radius 1 is 1.35 bits per heavy atom. The van der Waals surface area contributed by atoms with E-state index in [1.54, 1.807) is 10.9 Å². The second kappa shape index (κ2) is 4.30. The van der Waals surface area contributed by atoms with Gasteiger partial charge in [-0.05, 0) is 24.5 Å². The first kappa shape index (κ1) is 10.5. The first-order chi connectivity index (χ1) is 8.36. The second-order valence-corrected chi connectivity index (χ2v) is 4.78. The summed E-state index contributed by atoms with van der Waals surface area (Å²) in [6, 6.07) is 8.11. The number of aryl methyl sites for hydroxylation is 1. The summed E-state index contributed by atoms with van der Waals surface area (Å²) in [7, 11) is 0. The molecule has 0 aliphatic carbocycles. The Hall–Kier alpha value is -1.68. The first-order valence-corrected chi connectivity index (χ1v) is 6.58. The molecular weight excluding hydrogens is 232 g/mol. The van der Waals surface area contributed by atoms with Gasteiger partial charge in [-0.25, -0.2) is 4.98 Å². The number of carbonyl (C=O) groups is 1. The van der Waals surface area contributed by atoms with E-state index >= 15 is 0 Å². The number of hydrogen-bond donors (Lipinski definition) is 0. The monoisotopic (exact) mass is 244 g/mol. The topological polar surface area (TPSA) is 33.2 Å². The molecule has 3 rings (SSSR count). The van der Waals surface area contributed by atoms with Gasteiger partial charge < -0.3 is 4.90 Å². The molecule has 0 unspecified atom stereocenters. The zero-order valence-corrected chi connectivity index (χ0v) is 10.1. The van der Waals surface area contributed by atoms with Crippen LogP contribution in [0.3, 0.4) is 0 Å². The van der Waals surface area contributed by atoms with Crippen molar-refractivity contribution in [2.24, 2.45) is 0 Å². The third-order valence-corrected chi connectivity index (χ3v) is 3.59. The molecule has 86 valence electrons. The summed E-state index contributed by atoms with van der Waals surface area (Å²) < 4.78 is 0. The van der Waals surface area contributed by atoms with Crippen LogP contribution >= 0.6 is 11.3 Å². The summed E-state index contributed by atoms with van der Waals surface area (Å²) >= 11 is 1.45. The molecule has 0 radical (unpaired) electrons. The number of fused-ring (bicyclic) bond motifs is 1. The molecule has 0 saturated carbocycles. The van der Waals surface area contributed by atoms with Gasteiger partial charge in [0.25, 0.3) is 5.91 Å². The van der Waals surface area contributed by atoms with Crippen molar-refractivity contribution >= 4 is 22.9 Å². The maximum atomic E-state index is 12.3. The zero-order valence-electron chi connectivity index (χ0n) is 9.30. The molecular formula is C13H12N2OS. The third kappa shape index (κ3) is 1.85. The van der Waals surface area contributed by atoms with Crippen molar-refractivity contribution in [3.8, 4) is 0 Å². The summed E-state index contributed by atoms with van der Waals surface area (Å²) in [4.78, 5) is 18.2. The largest absolute Gasteiger partial charge is 0.307 e. The Kier molecular flexibility index (Phi) is 2.65. The number of para-hydroxylation sites is 1. The summed E-state index contributed by atoms with van der Waals surface area (Å²) in [5, 5.41) is 1.81. The van der Waals surface area contributed by atoms with E-state index in [1.807, 2.05) is 23.1 Å². The molecule has 1 amide bonds. The standard InChI is InChI=1S/C13H12N2OS/c16-13(11-8-17-9-14-11)15-7-3-5-10-4-1-2-6-12(10)15/h1-2,4,6,8-9H,3,5,7H2. The van der Waals surface area contributed by atoms with Crippen molar-refractivity contribution in [1.29, 1.82) is 0 Å². The molecule has 2 heterocycles. The minimum atomic E-state index is 0.0124. The van der Waals surface area contributed by atoms with E-state index in [9.17, 15) is 4.79 Å². The number of hydrogen-bond acceptors (Lipinski definition) is 3. The van der Waals surface area contributed by atoms with Crippen molar-refractivity contribution < 1.29 is 4.79 Å². The lowest BCUT2D eigenvalue weighted by molar-refractivity contribution is 0.0981. The first-order valence-electron chi connectivity index (χ1n) is 5.64. The number of anilines is 1. The molecule has 0 fully saturated rings. The predicted octanol–water partition coefficient (Wildman–Crippen LogP) is 2.74. The Balaban J connectivity index is 1.98. The van der Waals surface area contributed by atoms with Crippen LogP contribution in [0.1, 0.15) is 22.5 Å². The molecule has 0 bridgehead atoms. The van der Waals surface area contributed by atoms with Crippen LogP contribution < -0.4 is 4.90 Å². The van der Waals surface area contributed by atoms with Crippen LogP contribution in [0, 0.1) is 0 Å². The van der Waals surface area contributed by atoms with E-state index in [0.717, 1.165) is 25.1 Å². The van der Waals surface area contributed by atoms with Crippen LogP contribution in [0.5, 0.6) is 0 Å². The number of carbonyl (C=O) groups excluding carboxylic acids is 1. The van der Waals surface area contributed by atoms with Gasteiger partial charge >= 0.3 is 0 Å². The van der Waals surface area contributed by atoms with Crippen LogP contribution in [-0.2, 0) is 6.42 Å². The maximum Gasteiger partial charge on any atom is 0.277 e. The van der Waals surface area contributed by atoms with Gasteiger partial charge in [-0.2, -0.15) is 0 Å². The lowest BCUT2D eigenvalue weighted by Gasteiger charge is -2.28. The van der Waals surface area contributed by atoms with E-state index in [-0.39, 0.29) is 5.91 Å². The van der Waals surface area contributed by atoms with Crippen molar-refractivity contribution in [3.63, 3.8) is 0 Å². The highest BCUT2D eigenvalue weighted by Gasteiger charge is 2.23. The molecule has 1 aromatic carbocycles. The summed E-state index contributed by atoms with van der Waals surface area (Å²) in [5.41, 5.74) is 4.54. The number of thiazole rings is 1. The van der Waals surface area contributed by atoms with E-state index in [2.05, 4.69) is 11.1 Å². The van der Waals surface area contributed by atoms with Crippen molar-refractivity contribution in [3.05, 3.63) is 46.4 Å². The van der Waals surface area contributed by atoms with Gasteiger partial charge in [-0.3, -0.25) is 4.79 Å². The normalized spacial score (nSPS) is 14.5. The van der Waals surface area contributed by atoms with Crippen molar-refractivity contribution in [1.82, 2.24) is 4.98 Å². The second-order valence-electron chi connectivity index (χ2n) is 4.06. The Labute approximate surface area is 104 Å². The quantitative estimate of drug-likeness (QED) is 0.772. The van der Waals surface area contributed by atoms with Gasteiger partial charge in [0.2, 0.25) is 0 Å². The van der Waals surface area contributed by atoms with Gasteiger partial charge in [0.15, 0.2) is 0 Å². The van der Waals surface area contributed by atoms with Gasteiger partial charge in [0.1, 0.15) is 5.69 Å². The molecule has 0 saturated heterocycles. The fraction of sp³-hybridized carbons (Fsp3) is 0.231. The predicted molar refractivity (Wildman–Crippen MR) is 68.6 cm³/mol. The number of amides is 1. The van der Waals surface area contributed by atoms with E-state index in [4.69, 9.17) is 0 Å². The summed E-state index contributed by atoms with van der Waals surface area (Å²) in [6.45, 7) is 0.785. The number of rotatable bonds is 1. The Bertz CT molecular complexity index is 536. The average Bonchev–Trinajstić information content (AvgIpc) is 2.91. The maximum absolute atomic E-state index is 12.3. The highest BCUT2D eigenvalue weighted by molar-refractivity contribution is 7.07. The van der Waals surface area contributed by atoms with Gasteiger partial charge in [0.05, 0.1) is 5.51 Å². The Morgan fingerprint density at radius 3 is 3.06 bits per heavy atom. The van der Waals surface area contributed by atoms with Crippen LogP contribution in [0.15, 0.2) is 35.2 Å². The molecule has 1 aliphatic rings. The minimum absolute atomic E-state index is 0.0124. The molecule has 3 nitrogen and oxygen atoms in total. The Morgan fingerprint density at radius 2 is 2.24 bits per heavy atom. The number of aromatic nitrogens is 1. The number of nitrogens with zero attached hydrogens (tertiary/aromatic N) is 2. The van der Waals surface area contributed by atoms with E-state index < -0.39 is 0 Å². The van der Waals surface area contributed by atoms with E-state index in [0.29, 0.717) is 5.69 Å². The molecule has 4 heteroatoms. The third-order valence-electron chi connectivity index (χ3n) is 3.01. The molecule has 1 aliphatic heterocycles. The average molecular weight is 244 g/mol. The molecule has 2 aromatic rings. The fourth-order valence-electron chi connectivity index (χ4n) is 2.20. The summed E-state index contributed by atoms with van der Waals surface area (Å²) in [5.74, 6) is 0.0124. The SMILES string of the molecule is O=C(c1cscn1)N1CCCc2ccccc21. The van der Waals surface area contributed by atoms with Crippen LogP contribution in [0.2, 0.25) is 0 Å². The fourth-order valence-corrected chi connectivity index (χ4v) is 2.73. The van der Waals surface area contributed by atoms with Gasteiger partial charge in [-0.15, -0.1) is 11.3 Å². The molecule has 0 N–H and O–H groups in total. The van der Waals surface area contributed by atoms with Crippen LogP contribution in [0.25, 0.3) is 0 Å². The highest BCUT2D eigenvalue weighted by Crippen LogP contribution is 2.27. The lowest BCUT2D eigenvalue weighted by Crippen LogP contribution is -2.35. The van der Waals surface area contributed by atoms with Crippen molar-refractivity contribution in [2.75, 3.05) is 11.4 Å². The minimum Gasteiger partial charge on any atom is -0.307 e. The highest BCUT2D eigenvalue weighted by atomic mass is 32.1. The number of benzene rings is 1. The van der Waals surface area contributed by atoms with Crippen LogP contribution in [-0.4, -0.2) is 17.4 Å². The van der Waals surface area contributed by atoms with Crippen LogP contribution in [0.4, 0.5) is 5.69 Å². The lowest BCUT2D eigenvalue weighted by atomic mass is 10.0. The molecule has 1 aromatic heterocycles.